The lowest BCUT2D eigenvalue weighted by molar-refractivity contribution is -0.135. The molecule has 0 bridgehead atoms. The fraction of sp³-hybridized carbons (Fsp3) is 0.364. The lowest BCUT2D eigenvalue weighted by atomic mass is 9.83. The van der Waals surface area contributed by atoms with Gasteiger partial charge in [0, 0.05) is 30.9 Å². The van der Waals surface area contributed by atoms with E-state index in [1.165, 1.54) is 16.5 Å². The predicted molar refractivity (Wildman–Crippen MR) is 108 cm³/mol. The van der Waals surface area contributed by atoms with Crippen molar-refractivity contribution < 1.29 is 19.8 Å². The third kappa shape index (κ3) is 3.60. The summed E-state index contributed by atoms with van der Waals surface area (Å²) in [6, 6.07) is 14.4. The summed E-state index contributed by atoms with van der Waals surface area (Å²) >= 11 is 0. The molecule has 146 valence electrons. The highest BCUT2D eigenvalue weighted by molar-refractivity contribution is 5.95. The predicted octanol–water partition coefficient (Wildman–Crippen LogP) is 2.74. The van der Waals surface area contributed by atoms with Gasteiger partial charge >= 0.3 is 11.9 Å². The summed E-state index contributed by atoms with van der Waals surface area (Å²) in [5.74, 6) is -1.88. The molecule has 2 aromatic rings. The summed E-state index contributed by atoms with van der Waals surface area (Å²) in [4.78, 5) is 25.0. The van der Waals surface area contributed by atoms with Crippen molar-refractivity contribution in [3.63, 3.8) is 0 Å². The minimum Gasteiger partial charge on any atom is -0.478 e. The minimum absolute atomic E-state index is 0.0424. The summed E-state index contributed by atoms with van der Waals surface area (Å²) in [5.41, 5.74) is 1.14. The largest absolute Gasteiger partial charge is 0.478 e. The molecule has 6 nitrogen and oxygen atoms in total. The Hall–Kier alpha value is -2.86. The van der Waals surface area contributed by atoms with E-state index < -0.39 is 18.0 Å². The van der Waals surface area contributed by atoms with Gasteiger partial charge in [-0.15, -0.1) is 0 Å². The molecule has 2 aromatic carbocycles. The van der Waals surface area contributed by atoms with Gasteiger partial charge in [-0.05, 0) is 54.1 Å². The van der Waals surface area contributed by atoms with Crippen LogP contribution in [0.25, 0.3) is 10.8 Å². The van der Waals surface area contributed by atoms with Crippen molar-refractivity contribution in [1.82, 2.24) is 5.32 Å². The molecule has 6 heteroatoms. The maximum Gasteiger partial charge on any atom is 0.333 e. The molecule has 0 aliphatic carbocycles. The molecule has 3 N–H and O–H groups in total. The maximum absolute atomic E-state index is 11.6. The first-order chi connectivity index (χ1) is 13.5. The molecular formula is C22H24N2O4. The number of carboxylic acid groups (broad SMARTS) is 2. The van der Waals surface area contributed by atoms with E-state index in [-0.39, 0.29) is 11.5 Å². The van der Waals surface area contributed by atoms with Crippen LogP contribution in [-0.2, 0) is 9.59 Å². The van der Waals surface area contributed by atoms with E-state index in [0.717, 1.165) is 38.6 Å². The van der Waals surface area contributed by atoms with E-state index in [1.807, 2.05) is 12.1 Å². The van der Waals surface area contributed by atoms with Gasteiger partial charge in [0.15, 0.2) is 0 Å². The molecule has 0 amide bonds. The van der Waals surface area contributed by atoms with Crippen LogP contribution in [0.1, 0.15) is 12.8 Å². The number of nitrogens with one attached hydrogen (secondary N) is 1. The number of benzene rings is 2. The number of rotatable bonds is 4. The smallest absolute Gasteiger partial charge is 0.333 e. The quantitative estimate of drug-likeness (QED) is 0.707. The molecule has 0 spiro atoms. The van der Waals surface area contributed by atoms with Crippen LogP contribution in [0.15, 0.2) is 54.1 Å². The van der Waals surface area contributed by atoms with Crippen molar-refractivity contribution in [2.24, 2.45) is 11.8 Å². The van der Waals surface area contributed by atoms with Crippen LogP contribution >= 0.6 is 0 Å². The Morgan fingerprint density at radius 1 is 1.04 bits per heavy atom. The van der Waals surface area contributed by atoms with Crippen LogP contribution in [0, 0.1) is 11.8 Å². The van der Waals surface area contributed by atoms with Crippen molar-refractivity contribution in [3.8, 4) is 0 Å². The Kier molecular flexibility index (Phi) is 5.05. The summed E-state index contributed by atoms with van der Waals surface area (Å²) in [7, 11) is 0. The van der Waals surface area contributed by atoms with Crippen molar-refractivity contribution >= 4 is 28.4 Å². The number of aliphatic carboxylic acids is 2. The van der Waals surface area contributed by atoms with E-state index in [4.69, 9.17) is 5.11 Å². The second-order valence-electron chi connectivity index (χ2n) is 7.65. The Morgan fingerprint density at radius 3 is 2.54 bits per heavy atom. The average molecular weight is 380 g/mol. The fourth-order valence-electron chi connectivity index (χ4n) is 4.70. The maximum atomic E-state index is 11.6. The Bertz CT molecular complexity index is 939. The van der Waals surface area contributed by atoms with E-state index >= 15 is 0 Å². The number of carbonyl (C=O) groups is 2. The molecule has 2 fully saturated rings. The minimum atomic E-state index is -1.21. The molecule has 2 aliphatic rings. The Labute approximate surface area is 163 Å². The molecule has 3 atom stereocenters. The molecule has 0 saturated carbocycles. The number of anilines is 1. The Balaban J connectivity index is 1.54. The summed E-state index contributed by atoms with van der Waals surface area (Å²) in [6.07, 6.45) is 2.63. The van der Waals surface area contributed by atoms with Crippen LogP contribution in [0.5, 0.6) is 0 Å². The van der Waals surface area contributed by atoms with E-state index in [9.17, 15) is 14.7 Å². The van der Waals surface area contributed by atoms with Crippen LogP contribution in [0.4, 0.5) is 5.69 Å². The molecule has 2 heterocycles. The topological polar surface area (TPSA) is 89.9 Å². The van der Waals surface area contributed by atoms with Gasteiger partial charge in [-0.1, -0.05) is 30.3 Å². The normalized spacial score (nSPS) is 25.4. The zero-order valence-electron chi connectivity index (χ0n) is 15.5. The van der Waals surface area contributed by atoms with Crippen molar-refractivity contribution in [2.75, 3.05) is 24.5 Å². The number of hydrogen-bond acceptors (Lipinski definition) is 4. The molecule has 0 aromatic heterocycles. The molecule has 0 radical (unpaired) electrons. The standard InChI is InChI=1S/C22H24N2O4/c25-20(26)12-19(22(27)28)21-18-8-10-24(9-7-16(18)13-23-21)17-6-5-14-3-1-2-4-15(14)11-17/h1-6,11-12,16,18,21,23H,7-10,13H2,(H,25,26)(H,27,28)/b19-12-. The number of carboxylic acids is 2. The summed E-state index contributed by atoms with van der Waals surface area (Å²) < 4.78 is 0. The highest BCUT2D eigenvalue weighted by atomic mass is 16.4. The third-order valence-electron chi connectivity index (χ3n) is 6.09. The van der Waals surface area contributed by atoms with Gasteiger partial charge in [-0.3, -0.25) is 0 Å². The molecule has 3 unspecified atom stereocenters. The van der Waals surface area contributed by atoms with Gasteiger partial charge in [0.25, 0.3) is 0 Å². The lowest BCUT2D eigenvalue weighted by Gasteiger charge is -2.25. The summed E-state index contributed by atoms with van der Waals surface area (Å²) in [5, 5.41) is 24.2. The van der Waals surface area contributed by atoms with Crippen LogP contribution < -0.4 is 10.2 Å². The Morgan fingerprint density at radius 2 is 1.79 bits per heavy atom. The van der Waals surface area contributed by atoms with Crippen LogP contribution in [0.2, 0.25) is 0 Å². The lowest BCUT2D eigenvalue weighted by Crippen LogP contribution is -2.35. The first-order valence-electron chi connectivity index (χ1n) is 9.68. The van der Waals surface area contributed by atoms with Gasteiger partial charge in [0.2, 0.25) is 0 Å². The zero-order chi connectivity index (χ0) is 19.7. The van der Waals surface area contributed by atoms with Gasteiger partial charge in [-0.2, -0.15) is 0 Å². The van der Waals surface area contributed by atoms with E-state index in [2.05, 4.69) is 40.5 Å². The van der Waals surface area contributed by atoms with Gasteiger partial charge < -0.3 is 20.4 Å². The van der Waals surface area contributed by atoms with E-state index in [1.54, 1.807) is 0 Å². The highest BCUT2D eigenvalue weighted by Gasteiger charge is 2.41. The van der Waals surface area contributed by atoms with Crippen molar-refractivity contribution in [2.45, 2.75) is 18.9 Å². The number of hydrogen-bond donors (Lipinski definition) is 3. The molecule has 2 saturated heterocycles. The van der Waals surface area contributed by atoms with Gasteiger partial charge in [0.1, 0.15) is 0 Å². The second kappa shape index (κ2) is 7.64. The molecular weight excluding hydrogens is 356 g/mol. The first-order valence-corrected chi connectivity index (χ1v) is 9.68. The third-order valence-corrected chi connectivity index (χ3v) is 6.09. The van der Waals surface area contributed by atoms with Crippen molar-refractivity contribution in [1.29, 1.82) is 0 Å². The zero-order valence-corrected chi connectivity index (χ0v) is 15.5. The first kappa shape index (κ1) is 18.5. The SMILES string of the molecule is O=C(O)/C=C(\C(=O)O)C1NCC2CCN(c3ccc4ccccc4c3)CCC21. The van der Waals surface area contributed by atoms with Crippen LogP contribution in [-0.4, -0.2) is 47.8 Å². The number of nitrogens with zero attached hydrogens (tertiary/aromatic N) is 1. The molecule has 4 rings (SSSR count). The monoisotopic (exact) mass is 380 g/mol. The van der Waals surface area contributed by atoms with Crippen molar-refractivity contribution in [3.05, 3.63) is 54.1 Å². The van der Waals surface area contributed by atoms with Gasteiger partial charge in [0.05, 0.1) is 5.57 Å². The van der Waals surface area contributed by atoms with Crippen LogP contribution in [0.3, 0.4) is 0 Å². The number of fused-ring (bicyclic) bond motifs is 2. The highest BCUT2D eigenvalue weighted by Crippen LogP contribution is 2.36. The molecule has 28 heavy (non-hydrogen) atoms. The average Bonchev–Trinajstić information content (AvgIpc) is 2.96. The van der Waals surface area contributed by atoms with Gasteiger partial charge in [-0.25, -0.2) is 9.59 Å². The second-order valence-corrected chi connectivity index (χ2v) is 7.65. The fourth-order valence-corrected chi connectivity index (χ4v) is 4.70. The molecule has 2 aliphatic heterocycles. The summed E-state index contributed by atoms with van der Waals surface area (Å²) in [6.45, 7) is 2.47. The van der Waals surface area contributed by atoms with E-state index in [0.29, 0.717) is 5.92 Å².